The minimum atomic E-state index is -0.0815. The van der Waals surface area contributed by atoms with Gasteiger partial charge in [0.05, 0.1) is 5.56 Å². The zero-order valence-corrected chi connectivity index (χ0v) is 11.2. The van der Waals surface area contributed by atoms with Crippen LogP contribution in [0.1, 0.15) is 29.7 Å². The predicted molar refractivity (Wildman–Crippen MR) is 77.7 cm³/mol. The molecular formula is C16H18N2O. The van der Waals surface area contributed by atoms with Crippen LogP contribution in [-0.4, -0.2) is 5.84 Å². The van der Waals surface area contributed by atoms with E-state index in [1.807, 2.05) is 62.4 Å². The maximum absolute atomic E-state index is 7.62. The molecule has 0 bridgehead atoms. The fourth-order valence-electron chi connectivity index (χ4n) is 1.94. The van der Waals surface area contributed by atoms with E-state index in [1.165, 1.54) is 0 Å². The summed E-state index contributed by atoms with van der Waals surface area (Å²) in [6, 6.07) is 15.7. The van der Waals surface area contributed by atoms with Gasteiger partial charge in [0.15, 0.2) is 0 Å². The van der Waals surface area contributed by atoms with Gasteiger partial charge < -0.3 is 10.5 Å². The normalized spacial score (nSPS) is 11.9. The highest BCUT2D eigenvalue weighted by Gasteiger charge is 2.12. The van der Waals surface area contributed by atoms with Gasteiger partial charge in [-0.25, -0.2) is 0 Å². The zero-order valence-electron chi connectivity index (χ0n) is 11.2. The van der Waals surface area contributed by atoms with Gasteiger partial charge in [-0.2, -0.15) is 0 Å². The summed E-state index contributed by atoms with van der Waals surface area (Å²) in [5.74, 6) is 0.674. The van der Waals surface area contributed by atoms with E-state index in [0.29, 0.717) is 11.3 Å². The van der Waals surface area contributed by atoms with Gasteiger partial charge in [-0.1, -0.05) is 42.0 Å². The quantitative estimate of drug-likeness (QED) is 0.648. The van der Waals surface area contributed by atoms with Crippen molar-refractivity contribution in [3.8, 4) is 5.75 Å². The van der Waals surface area contributed by atoms with Crippen LogP contribution < -0.4 is 10.5 Å². The van der Waals surface area contributed by atoms with Gasteiger partial charge in [-0.05, 0) is 31.5 Å². The van der Waals surface area contributed by atoms with E-state index in [2.05, 4.69) is 0 Å². The average molecular weight is 254 g/mol. The maximum Gasteiger partial charge on any atom is 0.131 e. The summed E-state index contributed by atoms with van der Waals surface area (Å²) in [6.07, 6.45) is -0.0815. The van der Waals surface area contributed by atoms with Crippen LogP contribution in [0, 0.1) is 12.3 Å². The Bertz CT molecular complexity index is 579. The molecule has 1 unspecified atom stereocenters. The number of amidine groups is 1. The molecule has 3 nitrogen and oxygen atoms in total. The van der Waals surface area contributed by atoms with Crippen LogP contribution in [0.3, 0.4) is 0 Å². The van der Waals surface area contributed by atoms with Crippen molar-refractivity contribution in [2.24, 2.45) is 5.73 Å². The summed E-state index contributed by atoms with van der Waals surface area (Å²) in [5.41, 5.74) is 8.40. The second-order valence-corrected chi connectivity index (χ2v) is 4.58. The van der Waals surface area contributed by atoms with Crippen molar-refractivity contribution >= 4 is 5.84 Å². The van der Waals surface area contributed by atoms with E-state index >= 15 is 0 Å². The van der Waals surface area contributed by atoms with Crippen LogP contribution in [-0.2, 0) is 0 Å². The molecule has 98 valence electrons. The number of hydrogen-bond donors (Lipinski definition) is 2. The Labute approximate surface area is 113 Å². The number of nitrogens with one attached hydrogen (secondary N) is 1. The largest absolute Gasteiger partial charge is 0.485 e. The molecule has 1 atom stereocenters. The van der Waals surface area contributed by atoms with Crippen LogP contribution in [0.5, 0.6) is 5.75 Å². The average Bonchev–Trinajstić information content (AvgIpc) is 2.41. The van der Waals surface area contributed by atoms with Crippen molar-refractivity contribution in [3.63, 3.8) is 0 Å². The minimum Gasteiger partial charge on any atom is -0.485 e. The molecule has 0 aromatic heterocycles. The second kappa shape index (κ2) is 5.57. The number of hydrogen-bond acceptors (Lipinski definition) is 2. The van der Waals surface area contributed by atoms with E-state index < -0.39 is 0 Å². The SMILES string of the molecule is Cc1ccc(OC(C)c2ccccc2)c(C(=N)N)c1. The Balaban J connectivity index is 2.26. The highest BCUT2D eigenvalue weighted by atomic mass is 16.5. The number of rotatable bonds is 4. The fraction of sp³-hybridized carbons (Fsp3) is 0.188. The number of aryl methyl sites for hydroxylation is 1. The number of ether oxygens (including phenoxy) is 1. The third-order valence-electron chi connectivity index (χ3n) is 3.00. The topological polar surface area (TPSA) is 59.1 Å². The molecule has 0 fully saturated rings. The Morgan fingerprint density at radius 1 is 1.16 bits per heavy atom. The Morgan fingerprint density at radius 2 is 1.84 bits per heavy atom. The lowest BCUT2D eigenvalue weighted by molar-refractivity contribution is 0.226. The highest BCUT2D eigenvalue weighted by Crippen LogP contribution is 2.25. The van der Waals surface area contributed by atoms with Crippen LogP contribution in [0.2, 0.25) is 0 Å². The molecule has 0 heterocycles. The van der Waals surface area contributed by atoms with E-state index in [0.717, 1.165) is 11.1 Å². The first kappa shape index (κ1) is 13.1. The highest BCUT2D eigenvalue weighted by molar-refractivity contribution is 5.97. The van der Waals surface area contributed by atoms with Crippen molar-refractivity contribution in [2.75, 3.05) is 0 Å². The molecule has 19 heavy (non-hydrogen) atoms. The van der Waals surface area contributed by atoms with E-state index in [-0.39, 0.29) is 11.9 Å². The van der Waals surface area contributed by atoms with Crippen molar-refractivity contribution in [3.05, 3.63) is 65.2 Å². The van der Waals surface area contributed by atoms with Gasteiger partial charge in [-0.15, -0.1) is 0 Å². The lowest BCUT2D eigenvalue weighted by Gasteiger charge is -2.17. The molecule has 2 aromatic rings. The van der Waals surface area contributed by atoms with E-state index in [4.69, 9.17) is 15.9 Å². The van der Waals surface area contributed by atoms with Crippen LogP contribution >= 0.6 is 0 Å². The summed E-state index contributed by atoms with van der Waals surface area (Å²) < 4.78 is 5.93. The minimum absolute atomic E-state index is 0.0268. The van der Waals surface area contributed by atoms with E-state index in [9.17, 15) is 0 Å². The molecule has 2 aromatic carbocycles. The smallest absolute Gasteiger partial charge is 0.131 e. The Morgan fingerprint density at radius 3 is 2.47 bits per heavy atom. The molecule has 0 aliphatic heterocycles. The lowest BCUT2D eigenvalue weighted by Crippen LogP contribution is -2.14. The molecule has 0 aliphatic carbocycles. The first-order valence-corrected chi connectivity index (χ1v) is 6.24. The first-order valence-electron chi connectivity index (χ1n) is 6.24. The van der Waals surface area contributed by atoms with Gasteiger partial charge in [0.25, 0.3) is 0 Å². The van der Waals surface area contributed by atoms with Gasteiger partial charge in [0.1, 0.15) is 17.7 Å². The van der Waals surface area contributed by atoms with Gasteiger partial charge in [0, 0.05) is 0 Å². The fourth-order valence-corrected chi connectivity index (χ4v) is 1.94. The molecule has 0 aliphatic rings. The first-order chi connectivity index (χ1) is 9.08. The summed E-state index contributed by atoms with van der Waals surface area (Å²) in [6.45, 7) is 3.95. The van der Waals surface area contributed by atoms with Gasteiger partial charge in [-0.3, -0.25) is 5.41 Å². The Hall–Kier alpha value is -2.29. The standard InChI is InChI=1S/C16H18N2O/c1-11-8-9-15(14(10-11)16(17)18)19-12(2)13-6-4-3-5-7-13/h3-10,12H,1-2H3,(H3,17,18). The summed E-state index contributed by atoms with van der Waals surface area (Å²) in [4.78, 5) is 0. The maximum atomic E-state index is 7.62. The summed E-state index contributed by atoms with van der Waals surface area (Å²) in [5, 5.41) is 7.62. The second-order valence-electron chi connectivity index (χ2n) is 4.58. The number of nitrogen functional groups attached to an aromatic ring is 1. The number of nitrogens with two attached hydrogens (primary N) is 1. The third kappa shape index (κ3) is 3.13. The Kier molecular flexibility index (Phi) is 3.85. The monoisotopic (exact) mass is 254 g/mol. The third-order valence-corrected chi connectivity index (χ3v) is 3.00. The molecule has 0 radical (unpaired) electrons. The molecule has 0 saturated carbocycles. The van der Waals surface area contributed by atoms with Crippen LogP contribution in [0.4, 0.5) is 0 Å². The molecule has 0 spiro atoms. The summed E-state index contributed by atoms with van der Waals surface area (Å²) >= 11 is 0. The van der Waals surface area contributed by atoms with Gasteiger partial charge >= 0.3 is 0 Å². The van der Waals surface area contributed by atoms with Crippen LogP contribution in [0.15, 0.2) is 48.5 Å². The zero-order chi connectivity index (χ0) is 13.8. The van der Waals surface area contributed by atoms with E-state index in [1.54, 1.807) is 0 Å². The molecule has 0 amide bonds. The van der Waals surface area contributed by atoms with Crippen molar-refractivity contribution in [1.82, 2.24) is 0 Å². The van der Waals surface area contributed by atoms with Crippen molar-refractivity contribution in [1.29, 1.82) is 5.41 Å². The molecule has 3 heteroatoms. The van der Waals surface area contributed by atoms with Gasteiger partial charge in [0.2, 0.25) is 0 Å². The van der Waals surface area contributed by atoms with Crippen LogP contribution in [0.25, 0.3) is 0 Å². The predicted octanol–water partition coefficient (Wildman–Crippen LogP) is 3.42. The number of benzene rings is 2. The molecule has 2 rings (SSSR count). The molecule has 0 saturated heterocycles. The molecule has 3 N–H and O–H groups in total. The summed E-state index contributed by atoms with van der Waals surface area (Å²) in [7, 11) is 0. The lowest BCUT2D eigenvalue weighted by atomic mass is 10.1. The van der Waals surface area contributed by atoms with Crippen molar-refractivity contribution in [2.45, 2.75) is 20.0 Å². The molecular weight excluding hydrogens is 236 g/mol. The van der Waals surface area contributed by atoms with Crippen molar-refractivity contribution < 1.29 is 4.74 Å².